The number of aliphatic hydroxyl groups excluding tert-OH is 2. The minimum atomic E-state index is -1.13. The number of urea groups is 1. The van der Waals surface area contributed by atoms with Gasteiger partial charge in [0.1, 0.15) is 18.3 Å². The second kappa shape index (κ2) is 8.31. The average Bonchev–Trinajstić information content (AvgIpc) is 3.25. The maximum atomic E-state index is 12.2. The van der Waals surface area contributed by atoms with E-state index in [1.807, 2.05) is 0 Å². The van der Waals surface area contributed by atoms with Crippen molar-refractivity contribution in [3.63, 3.8) is 0 Å². The summed E-state index contributed by atoms with van der Waals surface area (Å²) in [5, 5.41) is 23.0. The number of rotatable bonds is 4. The Balaban J connectivity index is 1.46. The molecule has 0 bridgehead atoms. The van der Waals surface area contributed by atoms with Gasteiger partial charge in [0.05, 0.1) is 25.7 Å². The number of carbonyl (C=O) groups excluding carboxylic acids is 2. The number of morpholine rings is 1. The van der Waals surface area contributed by atoms with Gasteiger partial charge >= 0.3 is 6.03 Å². The van der Waals surface area contributed by atoms with Gasteiger partial charge in [-0.05, 0) is 12.8 Å². The van der Waals surface area contributed by atoms with E-state index in [1.165, 1.54) is 0 Å². The molecule has 3 rings (SSSR count). The summed E-state index contributed by atoms with van der Waals surface area (Å²) in [6.07, 6.45) is -1.67. The molecule has 3 N–H and O–H groups in total. The first-order valence-corrected chi connectivity index (χ1v) is 8.96. The Bertz CT molecular complexity index is 478. The Hall–Kier alpha value is -1.42. The SMILES string of the molecule is O=C(CC1OC(CNC(=O)N2CCOCC2)C(O)C1O)N1CCCC1. The fourth-order valence-electron chi connectivity index (χ4n) is 3.50. The molecule has 0 radical (unpaired) electrons. The van der Waals surface area contributed by atoms with E-state index in [2.05, 4.69) is 5.32 Å². The van der Waals surface area contributed by atoms with Crippen LogP contribution in [0.25, 0.3) is 0 Å². The summed E-state index contributed by atoms with van der Waals surface area (Å²) in [6, 6.07) is -0.245. The molecule has 0 aliphatic carbocycles. The van der Waals surface area contributed by atoms with Crippen molar-refractivity contribution in [3.8, 4) is 0 Å². The molecule has 3 fully saturated rings. The highest BCUT2D eigenvalue weighted by atomic mass is 16.5. The molecule has 0 aromatic rings. The highest BCUT2D eigenvalue weighted by Crippen LogP contribution is 2.24. The fourth-order valence-corrected chi connectivity index (χ4v) is 3.50. The van der Waals surface area contributed by atoms with Crippen LogP contribution in [-0.4, -0.2) is 102 Å². The number of likely N-dealkylation sites (tertiary alicyclic amines) is 1. The van der Waals surface area contributed by atoms with Gasteiger partial charge in [0.15, 0.2) is 0 Å². The van der Waals surface area contributed by atoms with E-state index < -0.39 is 24.4 Å². The lowest BCUT2D eigenvalue weighted by molar-refractivity contribution is -0.134. The molecule has 0 spiro atoms. The molecule has 9 nitrogen and oxygen atoms in total. The van der Waals surface area contributed by atoms with E-state index in [0.717, 1.165) is 25.9 Å². The zero-order valence-corrected chi connectivity index (χ0v) is 14.3. The predicted octanol–water partition coefficient (Wildman–Crippen LogP) is -1.47. The maximum absolute atomic E-state index is 12.2. The molecule has 3 saturated heterocycles. The summed E-state index contributed by atoms with van der Waals surface area (Å²) < 4.78 is 10.8. The van der Waals surface area contributed by atoms with Crippen molar-refractivity contribution in [2.24, 2.45) is 0 Å². The zero-order valence-electron chi connectivity index (χ0n) is 14.3. The molecule has 9 heteroatoms. The summed E-state index contributed by atoms with van der Waals surface area (Å²) in [5.74, 6) is -0.0632. The molecule has 0 saturated carbocycles. The second-order valence-corrected chi connectivity index (χ2v) is 6.77. The van der Waals surface area contributed by atoms with Gasteiger partial charge in [0, 0.05) is 32.7 Å². The lowest BCUT2D eigenvalue weighted by Gasteiger charge is -2.27. The van der Waals surface area contributed by atoms with Crippen molar-refractivity contribution in [2.75, 3.05) is 45.9 Å². The van der Waals surface area contributed by atoms with Crippen LogP contribution in [0.2, 0.25) is 0 Å². The third-order valence-corrected chi connectivity index (χ3v) is 5.05. The Labute approximate surface area is 146 Å². The van der Waals surface area contributed by atoms with E-state index in [9.17, 15) is 19.8 Å². The van der Waals surface area contributed by atoms with Crippen LogP contribution in [0.4, 0.5) is 4.79 Å². The highest BCUT2D eigenvalue weighted by Gasteiger charge is 2.44. The number of ether oxygens (including phenoxy) is 2. The minimum absolute atomic E-state index is 0.0478. The lowest BCUT2D eigenvalue weighted by Crippen LogP contribution is -2.49. The molecule has 4 unspecified atom stereocenters. The molecule has 3 heterocycles. The van der Waals surface area contributed by atoms with Gasteiger partial charge in [0.25, 0.3) is 0 Å². The Kier molecular flexibility index (Phi) is 6.10. The van der Waals surface area contributed by atoms with Crippen molar-refractivity contribution in [2.45, 2.75) is 43.7 Å². The third-order valence-electron chi connectivity index (χ3n) is 5.05. The van der Waals surface area contributed by atoms with E-state index in [1.54, 1.807) is 9.80 Å². The maximum Gasteiger partial charge on any atom is 0.317 e. The van der Waals surface area contributed by atoms with Crippen LogP contribution in [0.3, 0.4) is 0 Å². The Morgan fingerprint density at radius 1 is 0.960 bits per heavy atom. The summed E-state index contributed by atoms with van der Waals surface area (Å²) in [7, 11) is 0. The summed E-state index contributed by atoms with van der Waals surface area (Å²) >= 11 is 0. The highest BCUT2D eigenvalue weighted by molar-refractivity contribution is 5.77. The van der Waals surface area contributed by atoms with E-state index in [-0.39, 0.29) is 24.9 Å². The monoisotopic (exact) mass is 357 g/mol. The molecular formula is C16H27N3O6. The molecule has 4 atom stereocenters. The number of amides is 3. The van der Waals surface area contributed by atoms with Gasteiger partial charge in [-0.1, -0.05) is 0 Å². The normalized spacial score (nSPS) is 32.9. The summed E-state index contributed by atoms with van der Waals surface area (Å²) in [6.45, 7) is 3.63. The second-order valence-electron chi connectivity index (χ2n) is 6.77. The van der Waals surface area contributed by atoms with Crippen molar-refractivity contribution >= 4 is 11.9 Å². The van der Waals surface area contributed by atoms with Crippen LogP contribution < -0.4 is 5.32 Å². The van der Waals surface area contributed by atoms with E-state index in [4.69, 9.17) is 9.47 Å². The van der Waals surface area contributed by atoms with Crippen molar-refractivity contribution in [1.29, 1.82) is 0 Å². The topological polar surface area (TPSA) is 112 Å². The number of hydrogen-bond acceptors (Lipinski definition) is 6. The van der Waals surface area contributed by atoms with Crippen LogP contribution in [0.1, 0.15) is 19.3 Å². The summed E-state index contributed by atoms with van der Waals surface area (Å²) in [4.78, 5) is 27.7. The van der Waals surface area contributed by atoms with Crippen molar-refractivity contribution in [3.05, 3.63) is 0 Å². The molecule has 0 aromatic heterocycles. The van der Waals surface area contributed by atoms with Gasteiger partial charge in [-0.2, -0.15) is 0 Å². The number of nitrogens with one attached hydrogen (secondary N) is 1. The average molecular weight is 357 g/mol. The van der Waals surface area contributed by atoms with Gasteiger partial charge in [0.2, 0.25) is 5.91 Å². The largest absolute Gasteiger partial charge is 0.388 e. The van der Waals surface area contributed by atoms with Gasteiger partial charge in [-0.25, -0.2) is 4.79 Å². The van der Waals surface area contributed by atoms with Gasteiger partial charge in [-0.3, -0.25) is 4.79 Å². The number of carbonyl (C=O) groups is 2. The lowest BCUT2D eigenvalue weighted by atomic mass is 10.1. The molecular weight excluding hydrogens is 330 g/mol. The first-order valence-electron chi connectivity index (χ1n) is 8.96. The molecule has 0 aromatic carbocycles. The quantitative estimate of drug-likeness (QED) is 0.566. The minimum Gasteiger partial charge on any atom is -0.388 e. The van der Waals surface area contributed by atoms with Crippen molar-refractivity contribution < 1.29 is 29.3 Å². The zero-order chi connectivity index (χ0) is 17.8. The van der Waals surface area contributed by atoms with E-state index in [0.29, 0.717) is 26.3 Å². The fraction of sp³-hybridized carbons (Fsp3) is 0.875. The van der Waals surface area contributed by atoms with Crippen LogP contribution >= 0.6 is 0 Å². The molecule has 3 aliphatic rings. The van der Waals surface area contributed by atoms with Crippen LogP contribution in [0, 0.1) is 0 Å². The Morgan fingerprint density at radius 2 is 1.60 bits per heavy atom. The Morgan fingerprint density at radius 3 is 2.28 bits per heavy atom. The molecule has 3 amide bonds. The third kappa shape index (κ3) is 4.41. The van der Waals surface area contributed by atoms with Crippen LogP contribution in [-0.2, 0) is 14.3 Å². The van der Waals surface area contributed by atoms with E-state index >= 15 is 0 Å². The molecule has 25 heavy (non-hydrogen) atoms. The van der Waals surface area contributed by atoms with Crippen LogP contribution in [0.15, 0.2) is 0 Å². The van der Waals surface area contributed by atoms with Gasteiger partial charge in [-0.15, -0.1) is 0 Å². The standard InChI is InChI=1S/C16H27N3O6/c20-13(18-3-1-2-4-18)9-11-14(21)15(22)12(25-11)10-17-16(23)19-5-7-24-8-6-19/h11-12,14-15,21-22H,1-10H2,(H,17,23). The predicted molar refractivity (Wildman–Crippen MR) is 86.9 cm³/mol. The number of hydrogen-bond donors (Lipinski definition) is 3. The molecule has 142 valence electrons. The molecule has 3 aliphatic heterocycles. The smallest absolute Gasteiger partial charge is 0.317 e. The van der Waals surface area contributed by atoms with Gasteiger partial charge < -0.3 is 34.8 Å². The van der Waals surface area contributed by atoms with Crippen LogP contribution in [0.5, 0.6) is 0 Å². The first-order chi connectivity index (χ1) is 12.1. The number of nitrogens with zero attached hydrogens (tertiary/aromatic N) is 2. The summed E-state index contributed by atoms with van der Waals surface area (Å²) in [5.41, 5.74) is 0. The van der Waals surface area contributed by atoms with Crippen molar-refractivity contribution in [1.82, 2.24) is 15.1 Å². The number of aliphatic hydroxyl groups is 2. The first kappa shape index (κ1) is 18.4.